The number of aromatic nitrogens is 2. The molecule has 5 nitrogen and oxygen atoms in total. The molecule has 0 amide bonds. The molecule has 3 atom stereocenters. The van der Waals surface area contributed by atoms with Crippen LogP contribution in [0.1, 0.15) is 38.4 Å². The smallest absolute Gasteiger partial charge is 0.252 e. The lowest BCUT2D eigenvalue weighted by atomic mass is 9.96. The molecule has 2 bridgehead atoms. The molecule has 5 heteroatoms. The summed E-state index contributed by atoms with van der Waals surface area (Å²) in [6.45, 7) is 6.88. The van der Waals surface area contributed by atoms with Gasteiger partial charge in [-0.25, -0.2) is 0 Å². The van der Waals surface area contributed by atoms with Crippen LogP contribution in [0.2, 0.25) is 0 Å². The molecule has 2 fully saturated rings. The van der Waals surface area contributed by atoms with Gasteiger partial charge in [0, 0.05) is 35.1 Å². The Bertz CT molecular complexity index is 738. The van der Waals surface area contributed by atoms with E-state index >= 15 is 0 Å². The average molecular weight is 312 g/mol. The zero-order valence-corrected chi connectivity index (χ0v) is 14.0. The lowest BCUT2D eigenvalue weighted by molar-refractivity contribution is 0.0755. The first kappa shape index (κ1) is 14.7. The van der Waals surface area contributed by atoms with Crippen LogP contribution in [-0.2, 0) is 0 Å². The fourth-order valence-corrected chi connectivity index (χ4v) is 3.86. The van der Waals surface area contributed by atoms with Crippen molar-refractivity contribution in [3.63, 3.8) is 0 Å². The van der Waals surface area contributed by atoms with E-state index in [9.17, 15) is 4.79 Å². The monoisotopic (exact) mass is 312 g/mol. The Morgan fingerprint density at radius 1 is 1.35 bits per heavy atom. The predicted octanol–water partition coefficient (Wildman–Crippen LogP) is 2.88. The van der Waals surface area contributed by atoms with Crippen LogP contribution in [0.4, 0.5) is 5.69 Å². The first-order chi connectivity index (χ1) is 10.9. The minimum absolute atomic E-state index is 0.0197. The molecular formula is C18H24N4O. The van der Waals surface area contributed by atoms with Gasteiger partial charge in [-0.3, -0.25) is 4.79 Å². The van der Waals surface area contributed by atoms with Crippen molar-refractivity contribution in [2.45, 2.75) is 45.7 Å². The average Bonchev–Trinajstić information content (AvgIpc) is 3.20. The Kier molecular flexibility index (Phi) is 3.23. The maximum absolute atomic E-state index is 12.5. The summed E-state index contributed by atoms with van der Waals surface area (Å²) >= 11 is 0. The second-order valence-corrected chi connectivity index (χ2v) is 7.91. The molecule has 1 aromatic carbocycles. The lowest BCUT2D eigenvalue weighted by Gasteiger charge is -2.19. The number of nitrogens with one attached hydrogen (secondary N) is 2. The third kappa shape index (κ3) is 2.43. The van der Waals surface area contributed by atoms with E-state index in [0.717, 1.165) is 29.1 Å². The topological polar surface area (TPSA) is 59.0 Å². The van der Waals surface area contributed by atoms with Gasteiger partial charge in [-0.15, -0.1) is 0 Å². The van der Waals surface area contributed by atoms with Crippen molar-refractivity contribution >= 4 is 22.5 Å². The van der Waals surface area contributed by atoms with Gasteiger partial charge in [0.25, 0.3) is 5.91 Å². The standard InChI is InChI=1S/C18H24N4O/c1-18(2,3)17(23)22-15-7-5-13(8-12(15)10-20-22)21-16-11-4-6-14(16)19-9-11/h5,7-8,10-11,14,16,19,21H,4,6,9H2,1-3H3. The van der Waals surface area contributed by atoms with Gasteiger partial charge in [0.2, 0.25) is 0 Å². The van der Waals surface area contributed by atoms with Crippen LogP contribution < -0.4 is 10.6 Å². The van der Waals surface area contributed by atoms with Crippen molar-refractivity contribution in [3.05, 3.63) is 24.4 Å². The van der Waals surface area contributed by atoms with Crippen molar-refractivity contribution in [1.82, 2.24) is 15.1 Å². The fourth-order valence-electron chi connectivity index (χ4n) is 3.86. The van der Waals surface area contributed by atoms with E-state index in [1.54, 1.807) is 6.20 Å². The largest absolute Gasteiger partial charge is 0.380 e. The molecule has 0 spiro atoms. The van der Waals surface area contributed by atoms with E-state index in [1.165, 1.54) is 17.5 Å². The molecule has 2 aliphatic rings. The number of nitrogens with zero attached hydrogens (tertiary/aromatic N) is 2. The highest BCUT2D eigenvalue weighted by atomic mass is 16.2. The highest BCUT2D eigenvalue weighted by molar-refractivity contribution is 5.94. The van der Waals surface area contributed by atoms with Crippen molar-refractivity contribution < 1.29 is 4.79 Å². The van der Waals surface area contributed by atoms with Gasteiger partial charge in [0.1, 0.15) is 0 Å². The summed E-state index contributed by atoms with van der Waals surface area (Å²) in [4.78, 5) is 12.5. The minimum Gasteiger partial charge on any atom is -0.380 e. The maximum Gasteiger partial charge on any atom is 0.252 e. The molecule has 0 radical (unpaired) electrons. The minimum atomic E-state index is -0.440. The summed E-state index contributed by atoms with van der Waals surface area (Å²) in [5.41, 5.74) is 1.55. The second-order valence-electron chi connectivity index (χ2n) is 7.91. The molecular weight excluding hydrogens is 288 g/mol. The zero-order chi connectivity index (χ0) is 16.2. The first-order valence-corrected chi connectivity index (χ1v) is 8.46. The summed E-state index contributed by atoms with van der Waals surface area (Å²) in [7, 11) is 0. The number of carbonyl (C=O) groups excluding carboxylic acids is 1. The molecule has 1 saturated carbocycles. The Balaban J connectivity index is 1.61. The Morgan fingerprint density at radius 3 is 2.78 bits per heavy atom. The summed E-state index contributed by atoms with van der Waals surface area (Å²) in [6, 6.07) is 7.29. The van der Waals surface area contributed by atoms with Crippen molar-refractivity contribution in [2.75, 3.05) is 11.9 Å². The predicted molar refractivity (Wildman–Crippen MR) is 91.7 cm³/mol. The molecule has 1 aliphatic heterocycles. The summed E-state index contributed by atoms with van der Waals surface area (Å²) in [6.07, 6.45) is 4.36. The number of fused-ring (bicyclic) bond motifs is 3. The highest BCUT2D eigenvalue weighted by Crippen LogP contribution is 2.34. The van der Waals surface area contributed by atoms with E-state index in [2.05, 4.69) is 27.9 Å². The molecule has 2 N–H and O–H groups in total. The molecule has 23 heavy (non-hydrogen) atoms. The Morgan fingerprint density at radius 2 is 2.17 bits per heavy atom. The van der Waals surface area contributed by atoms with Crippen LogP contribution in [0, 0.1) is 11.3 Å². The second kappa shape index (κ2) is 5.06. The van der Waals surface area contributed by atoms with Gasteiger partial charge in [0.05, 0.1) is 11.7 Å². The van der Waals surface area contributed by atoms with Gasteiger partial charge >= 0.3 is 0 Å². The summed E-state index contributed by atoms with van der Waals surface area (Å²) < 4.78 is 1.53. The summed E-state index contributed by atoms with van der Waals surface area (Å²) in [5.74, 6) is 0.757. The quantitative estimate of drug-likeness (QED) is 0.895. The number of piperidine rings is 1. The third-order valence-electron chi connectivity index (χ3n) is 5.17. The van der Waals surface area contributed by atoms with Crippen molar-refractivity contribution in [1.29, 1.82) is 0 Å². The van der Waals surface area contributed by atoms with Gasteiger partial charge in [0.15, 0.2) is 0 Å². The molecule has 1 saturated heterocycles. The summed E-state index contributed by atoms with van der Waals surface area (Å²) in [5, 5.41) is 12.6. The first-order valence-electron chi connectivity index (χ1n) is 8.46. The molecule has 122 valence electrons. The van der Waals surface area contributed by atoms with Gasteiger partial charge in [-0.1, -0.05) is 20.8 Å². The zero-order valence-electron chi connectivity index (χ0n) is 14.0. The highest BCUT2D eigenvalue weighted by Gasteiger charge is 2.41. The molecule has 2 heterocycles. The molecule has 1 aliphatic carbocycles. The van der Waals surface area contributed by atoms with E-state index in [4.69, 9.17) is 0 Å². The number of hydrogen-bond acceptors (Lipinski definition) is 4. The number of rotatable bonds is 2. The van der Waals surface area contributed by atoms with Crippen LogP contribution in [0.5, 0.6) is 0 Å². The van der Waals surface area contributed by atoms with Gasteiger partial charge in [-0.05, 0) is 37.0 Å². The fraction of sp³-hybridized carbons (Fsp3) is 0.556. The SMILES string of the molecule is CC(C)(C)C(=O)n1ncc2cc(NC3C4CCC3NC4)ccc21. The molecule has 4 rings (SSSR count). The van der Waals surface area contributed by atoms with Crippen LogP contribution in [-0.4, -0.2) is 34.3 Å². The van der Waals surface area contributed by atoms with E-state index in [0.29, 0.717) is 12.1 Å². The van der Waals surface area contributed by atoms with Crippen molar-refractivity contribution in [3.8, 4) is 0 Å². The number of benzene rings is 1. The van der Waals surface area contributed by atoms with Gasteiger partial charge in [-0.2, -0.15) is 9.78 Å². The Hall–Kier alpha value is -1.88. The van der Waals surface area contributed by atoms with Crippen LogP contribution in [0.3, 0.4) is 0 Å². The number of anilines is 1. The van der Waals surface area contributed by atoms with Crippen molar-refractivity contribution in [2.24, 2.45) is 11.3 Å². The molecule has 2 aromatic rings. The molecule has 1 aromatic heterocycles. The van der Waals surface area contributed by atoms with E-state index in [1.807, 2.05) is 26.8 Å². The van der Waals surface area contributed by atoms with E-state index in [-0.39, 0.29) is 5.91 Å². The van der Waals surface area contributed by atoms with Crippen LogP contribution >= 0.6 is 0 Å². The Labute approximate surface area is 136 Å². The van der Waals surface area contributed by atoms with E-state index < -0.39 is 5.41 Å². The normalized spacial score (nSPS) is 26.8. The number of hydrogen-bond donors (Lipinski definition) is 2. The lowest BCUT2D eigenvalue weighted by Crippen LogP contribution is -2.32. The van der Waals surface area contributed by atoms with Crippen LogP contribution in [0.25, 0.3) is 10.9 Å². The number of carbonyl (C=O) groups is 1. The van der Waals surface area contributed by atoms with Gasteiger partial charge < -0.3 is 10.6 Å². The molecule has 3 unspecified atom stereocenters. The maximum atomic E-state index is 12.5. The third-order valence-corrected chi connectivity index (χ3v) is 5.17. The van der Waals surface area contributed by atoms with Crippen LogP contribution in [0.15, 0.2) is 24.4 Å².